The van der Waals surface area contributed by atoms with Crippen molar-refractivity contribution in [1.29, 1.82) is 0 Å². The van der Waals surface area contributed by atoms with Gasteiger partial charge in [0.05, 0.1) is 10.5 Å². The highest BCUT2D eigenvalue weighted by atomic mass is 32.2. The third-order valence-electron chi connectivity index (χ3n) is 14.4. The highest BCUT2D eigenvalue weighted by Crippen LogP contribution is 2.55. The quantitative estimate of drug-likeness (QED) is 0.162. The van der Waals surface area contributed by atoms with Gasteiger partial charge in [0.15, 0.2) is 0 Å². The summed E-state index contributed by atoms with van der Waals surface area (Å²) in [6, 6.07) is 59.4. The number of rotatable bonds is 2. The van der Waals surface area contributed by atoms with Crippen LogP contribution < -0.4 is 15.8 Å². The van der Waals surface area contributed by atoms with Crippen LogP contribution in [0.25, 0.3) is 75.4 Å². The molecule has 3 aromatic heterocycles. The van der Waals surface area contributed by atoms with E-state index >= 15 is 0 Å². The van der Waals surface area contributed by atoms with Crippen LogP contribution in [0.5, 0.6) is 0 Å². The second-order valence-corrected chi connectivity index (χ2v) is 21.3. The van der Waals surface area contributed by atoms with E-state index in [-0.39, 0.29) is 17.7 Å². The highest BCUT2D eigenvalue weighted by molar-refractivity contribution is 7.99. The van der Waals surface area contributed by atoms with E-state index < -0.39 is 0 Å². The number of furan rings is 1. The summed E-state index contributed by atoms with van der Waals surface area (Å²) in [5, 5.41) is 6.34. The van der Waals surface area contributed by atoms with Gasteiger partial charge in [0.25, 0.3) is 0 Å². The van der Waals surface area contributed by atoms with Gasteiger partial charge in [-0.05, 0) is 86.6 Å². The molecule has 63 heavy (non-hydrogen) atoms. The fourth-order valence-corrected chi connectivity index (χ4v) is 14.1. The van der Waals surface area contributed by atoms with Crippen molar-refractivity contribution in [3.8, 4) is 22.3 Å². The van der Waals surface area contributed by atoms with E-state index in [1.165, 1.54) is 108 Å². The van der Waals surface area contributed by atoms with Gasteiger partial charge in [0, 0.05) is 80.9 Å². The van der Waals surface area contributed by atoms with E-state index in [0.717, 1.165) is 22.2 Å². The molecule has 3 aliphatic heterocycles. The molecule has 0 N–H and O–H groups in total. The SMILES string of the molecule is CC(C)(C)c1ccc(N2c3cc4c(cc3B3c5c2cc2oc6ccccc6c2c5-c2cccc5c6c7ccccc7sc6n3c25)Sc2ccccc2C4(C)C)c(-c2ccccc2)c1. The fraction of sp³-hybridized carbons (Fsp3) is 0.123. The molecule has 3 aliphatic rings. The molecule has 14 rings (SSSR count). The predicted octanol–water partition coefficient (Wildman–Crippen LogP) is 15.1. The van der Waals surface area contributed by atoms with Crippen LogP contribution in [0.1, 0.15) is 51.3 Å². The Morgan fingerprint density at radius 1 is 0.587 bits per heavy atom. The molecule has 300 valence electrons. The van der Waals surface area contributed by atoms with Crippen molar-refractivity contribution >= 4 is 111 Å². The minimum atomic E-state index is -0.219. The lowest BCUT2D eigenvalue weighted by Crippen LogP contribution is -2.57. The van der Waals surface area contributed by atoms with Crippen LogP contribution in [0, 0.1) is 0 Å². The van der Waals surface area contributed by atoms with Gasteiger partial charge < -0.3 is 13.8 Å². The summed E-state index contributed by atoms with van der Waals surface area (Å²) in [5.74, 6) is 0. The molecule has 0 amide bonds. The Morgan fingerprint density at radius 3 is 2.21 bits per heavy atom. The van der Waals surface area contributed by atoms with Crippen LogP contribution in [0.4, 0.5) is 17.1 Å². The van der Waals surface area contributed by atoms with Crippen molar-refractivity contribution in [2.24, 2.45) is 0 Å². The lowest BCUT2D eigenvalue weighted by molar-refractivity contribution is 0.590. The normalized spacial score (nSPS) is 14.7. The number of benzene rings is 8. The van der Waals surface area contributed by atoms with Crippen LogP contribution in [-0.4, -0.2) is 11.3 Å². The van der Waals surface area contributed by atoms with E-state index in [9.17, 15) is 0 Å². The van der Waals surface area contributed by atoms with Crippen molar-refractivity contribution in [3.05, 3.63) is 174 Å². The monoisotopic (exact) mass is 844 g/mol. The second-order valence-electron chi connectivity index (χ2n) is 19.2. The molecule has 0 unspecified atom stereocenters. The Bertz CT molecular complexity index is 3810. The molecule has 0 radical (unpaired) electrons. The van der Waals surface area contributed by atoms with Gasteiger partial charge in [-0.15, -0.1) is 11.3 Å². The topological polar surface area (TPSA) is 21.3 Å². The zero-order valence-electron chi connectivity index (χ0n) is 35.7. The maximum Gasteiger partial charge on any atom is 0.333 e. The molecule has 0 saturated carbocycles. The summed E-state index contributed by atoms with van der Waals surface area (Å²) in [6.45, 7) is 11.7. The number of hydrogen-bond donors (Lipinski definition) is 0. The van der Waals surface area contributed by atoms with Gasteiger partial charge in [0.1, 0.15) is 11.2 Å². The van der Waals surface area contributed by atoms with E-state index in [2.05, 4.69) is 202 Å². The molecule has 3 nitrogen and oxygen atoms in total. The van der Waals surface area contributed by atoms with Crippen molar-refractivity contribution in [3.63, 3.8) is 0 Å². The Labute approximate surface area is 374 Å². The minimum absolute atomic E-state index is 0.0356. The van der Waals surface area contributed by atoms with E-state index in [1.807, 2.05) is 23.1 Å². The first-order valence-corrected chi connectivity index (χ1v) is 23.7. The summed E-state index contributed by atoms with van der Waals surface area (Å²) in [7, 11) is 0. The average Bonchev–Trinajstić information content (AvgIpc) is 3.96. The van der Waals surface area contributed by atoms with E-state index in [4.69, 9.17) is 4.42 Å². The number of para-hydroxylation sites is 2. The van der Waals surface area contributed by atoms with Crippen LogP contribution in [0.3, 0.4) is 0 Å². The van der Waals surface area contributed by atoms with Crippen molar-refractivity contribution in [2.75, 3.05) is 4.90 Å². The average molecular weight is 845 g/mol. The molecular weight excluding hydrogens is 804 g/mol. The smallest absolute Gasteiger partial charge is 0.333 e. The standard InChI is InChI=1S/C57H41BN2OS2/c1-56(2,3)33-26-27-42(38(28-33)32-16-7-6-8-17-32)59-43-29-40-49(62-48-25-14-11-22-39(48)57(40,4)5)30-41(43)58-53-44(59)31-46-51(34-18-9-12-23-45(34)61-46)52(53)37-21-15-20-36-50-35-19-10-13-24-47(35)63-55(50)60(58)54(36)37/h6-31H,1-5H3. The van der Waals surface area contributed by atoms with Gasteiger partial charge >= 0.3 is 6.85 Å². The lowest BCUT2D eigenvalue weighted by Gasteiger charge is -2.43. The van der Waals surface area contributed by atoms with Gasteiger partial charge in [-0.1, -0.05) is 156 Å². The first-order chi connectivity index (χ1) is 30.6. The minimum Gasteiger partial charge on any atom is -0.456 e. The molecular formula is C57H41BN2OS2. The number of fused-ring (bicyclic) bond motifs is 15. The van der Waals surface area contributed by atoms with Crippen LogP contribution >= 0.6 is 23.1 Å². The van der Waals surface area contributed by atoms with Gasteiger partial charge in [0.2, 0.25) is 0 Å². The lowest BCUT2D eigenvalue weighted by atomic mass is 9.44. The van der Waals surface area contributed by atoms with Crippen molar-refractivity contribution in [1.82, 2.24) is 4.48 Å². The number of nitrogens with zero attached hydrogens (tertiary/aromatic N) is 2. The largest absolute Gasteiger partial charge is 0.456 e. The predicted molar refractivity (Wildman–Crippen MR) is 269 cm³/mol. The molecule has 0 fully saturated rings. The molecule has 0 atom stereocenters. The summed E-state index contributed by atoms with van der Waals surface area (Å²) in [6.07, 6.45) is 0. The molecule has 0 spiro atoms. The fourth-order valence-electron chi connectivity index (χ4n) is 11.4. The van der Waals surface area contributed by atoms with Crippen molar-refractivity contribution < 1.29 is 4.42 Å². The second kappa shape index (κ2) is 12.4. The zero-order chi connectivity index (χ0) is 42.1. The number of hydrogen-bond acceptors (Lipinski definition) is 4. The number of aromatic nitrogens is 1. The number of anilines is 3. The van der Waals surface area contributed by atoms with Crippen LogP contribution in [-0.2, 0) is 10.8 Å². The van der Waals surface area contributed by atoms with Crippen LogP contribution in [0.15, 0.2) is 172 Å². The Balaban J connectivity index is 1.19. The maximum absolute atomic E-state index is 6.98. The van der Waals surface area contributed by atoms with Crippen LogP contribution in [0.2, 0.25) is 0 Å². The third kappa shape index (κ3) is 4.73. The highest BCUT2D eigenvalue weighted by Gasteiger charge is 2.47. The molecule has 6 heteroatoms. The van der Waals surface area contributed by atoms with E-state index in [0.29, 0.717) is 0 Å². The number of thiophene rings is 1. The Kier molecular flexibility index (Phi) is 7.08. The maximum atomic E-state index is 6.98. The molecule has 6 heterocycles. The van der Waals surface area contributed by atoms with Gasteiger partial charge in [-0.25, -0.2) is 0 Å². The molecule has 0 aliphatic carbocycles. The Hall–Kier alpha value is -6.47. The first kappa shape index (κ1) is 36.1. The molecule has 8 aromatic carbocycles. The molecule has 0 saturated heterocycles. The molecule has 11 aromatic rings. The summed E-state index contributed by atoms with van der Waals surface area (Å²) in [5.41, 5.74) is 18.1. The Morgan fingerprint density at radius 2 is 1.35 bits per heavy atom. The van der Waals surface area contributed by atoms with E-state index in [1.54, 1.807) is 0 Å². The summed E-state index contributed by atoms with van der Waals surface area (Å²) >= 11 is 3.86. The third-order valence-corrected chi connectivity index (χ3v) is 16.7. The zero-order valence-corrected chi connectivity index (χ0v) is 37.3. The van der Waals surface area contributed by atoms with Gasteiger partial charge in [-0.3, -0.25) is 0 Å². The van der Waals surface area contributed by atoms with Gasteiger partial charge in [-0.2, -0.15) is 0 Å². The molecule has 0 bridgehead atoms. The first-order valence-electron chi connectivity index (χ1n) is 22.0. The summed E-state index contributed by atoms with van der Waals surface area (Å²) in [4.78, 5) is 6.61. The summed E-state index contributed by atoms with van der Waals surface area (Å²) < 4.78 is 11.0. The van der Waals surface area contributed by atoms with Crippen molar-refractivity contribution in [2.45, 2.75) is 55.2 Å².